The smallest absolute Gasteiger partial charge is 0.0624 e. The largest absolute Gasteiger partial charge is 0.314 e. The van der Waals surface area contributed by atoms with Crippen molar-refractivity contribution in [1.82, 2.24) is 15.1 Å². The number of likely N-dealkylation sites (N-methyl/N-ethyl adjacent to an activating group) is 1. The maximum Gasteiger partial charge on any atom is 0.0624 e. The minimum absolute atomic E-state index is 0.425. The van der Waals surface area contributed by atoms with Crippen LogP contribution in [0.25, 0.3) is 0 Å². The van der Waals surface area contributed by atoms with E-state index < -0.39 is 0 Å². The normalized spacial score (nSPS) is 12.6. The second kappa shape index (κ2) is 7.76. The summed E-state index contributed by atoms with van der Waals surface area (Å²) in [5, 5.41) is 8.15. The van der Waals surface area contributed by atoms with E-state index in [-0.39, 0.29) is 0 Å². The molecule has 0 bridgehead atoms. The summed E-state index contributed by atoms with van der Waals surface area (Å²) in [7, 11) is 2.04. The SMILES string of the molecule is CCNC(Cc1ccccc1Br)Cc1cc(CC)nn1C. The molecule has 3 nitrogen and oxygen atoms in total. The van der Waals surface area contributed by atoms with Crippen molar-refractivity contribution >= 4 is 15.9 Å². The van der Waals surface area contributed by atoms with Crippen molar-refractivity contribution < 1.29 is 0 Å². The van der Waals surface area contributed by atoms with Gasteiger partial charge in [-0.25, -0.2) is 0 Å². The zero-order valence-corrected chi connectivity index (χ0v) is 14.7. The number of aromatic nitrogens is 2. The Morgan fingerprint density at radius 2 is 2.00 bits per heavy atom. The number of nitrogens with zero attached hydrogens (tertiary/aromatic N) is 2. The Labute approximate surface area is 135 Å². The standard InChI is InChI=1S/C17H24BrN3/c1-4-14-11-16(21(3)20-14)12-15(19-5-2)10-13-8-6-7-9-17(13)18/h6-9,11,15,19H,4-5,10,12H2,1-3H3. The fraction of sp³-hybridized carbons (Fsp3) is 0.471. The highest BCUT2D eigenvalue weighted by Gasteiger charge is 2.14. The van der Waals surface area contributed by atoms with Gasteiger partial charge < -0.3 is 5.32 Å². The number of hydrogen-bond donors (Lipinski definition) is 1. The van der Waals surface area contributed by atoms with Gasteiger partial charge in [0.05, 0.1) is 5.69 Å². The van der Waals surface area contributed by atoms with Crippen LogP contribution in [0.3, 0.4) is 0 Å². The quantitative estimate of drug-likeness (QED) is 0.828. The lowest BCUT2D eigenvalue weighted by atomic mass is 10.0. The Hall–Kier alpha value is -1.13. The maximum atomic E-state index is 4.55. The van der Waals surface area contributed by atoms with E-state index in [1.54, 1.807) is 0 Å². The molecule has 2 aromatic rings. The molecule has 0 aliphatic heterocycles. The summed E-state index contributed by atoms with van der Waals surface area (Å²) in [6.45, 7) is 5.29. The van der Waals surface area contributed by atoms with Crippen LogP contribution in [0.4, 0.5) is 0 Å². The molecule has 1 N–H and O–H groups in total. The highest BCUT2D eigenvalue weighted by Crippen LogP contribution is 2.19. The Kier molecular flexibility index (Phi) is 6.00. The van der Waals surface area contributed by atoms with Crippen molar-refractivity contribution in [3.05, 3.63) is 51.8 Å². The van der Waals surface area contributed by atoms with Crippen molar-refractivity contribution in [3.63, 3.8) is 0 Å². The fourth-order valence-corrected chi connectivity index (χ4v) is 3.07. The molecular formula is C17H24BrN3. The van der Waals surface area contributed by atoms with E-state index >= 15 is 0 Å². The summed E-state index contributed by atoms with van der Waals surface area (Å²) in [5.41, 5.74) is 3.81. The molecular weight excluding hydrogens is 326 g/mol. The second-order valence-corrected chi connectivity index (χ2v) is 6.21. The molecule has 0 aliphatic carbocycles. The van der Waals surface area contributed by atoms with Gasteiger partial charge in [-0.15, -0.1) is 0 Å². The molecule has 0 amide bonds. The molecule has 0 fully saturated rings. The van der Waals surface area contributed by atoms with E-state index in [0.29, 0.717) is 6.04 Å². The first-order valence-corrected chi connectivity index (χ1v) is 8.41. The third-order valence-electron chi connectivity index (χ3n) is 3.76. The van der Waals surface area contributed by atoms with E-state index in [2.05, 4.69) is 70.5 Å². The van der Waals surface area contributed by atoms with E-state index in [9.17, 15) is 0 Å². The zero-order chi connectivity index (χ0) is 15.2. The lowest BCUT2D eigenvalue weighted by molar-refractivity contribution is 0.504. The van der Waals surface area contributed by atoms with Crippen LogP contribution in [0.5, 0.6) is 0 Å². The molecule has 0 aliphatic rings. The average molecular weight is 350 g/mol. The predicted molar refractivity (Wildman–Crippen MR) is 91.6 cm³/mol. The van der Waals surface area contributed by atoms with Gasteiger partial charge in [0, 0.05) is 29.7 Å². The van der Waals surface area contributed by atoms with Crippen LogP contribution in [0, 0.1) is 0 Å². The molecule has 1 atom stereocenters. The van der Waals surface area contributed by atoms with Crippen LogP contribution >= 0.6 is 15.9 Å². The molecule has 1 unspecified atom stereocenters. The van der Waals surface area contributed by atoms with Crippen LogP contribution in [0.2, 0.25) is 0 Å². The molecule has 4 heteroatoms. The predicted octanol–water partition coefficient (Wildman–Crippen LogP) is 3.51. The van der Waals surface area contributed by atoms with E-state index in [0.717, 1.165) is 25.8 Å². The monoisotopic (exact) mass is 349 g/mol. The third-order valence-corrected chi connectivity index (χ3v) is 4.54. The first kappa shape index (κ1) is 16.2. The first-order valence-electron chi connectivity index (χ1n) is 7.62. The fourth-order valence-electron chi connectivity index (χ4n) is 2.62. The van der Waals surface area contributed by atoms with Crippen molar-refractivity contribution in [2.24, 2.45) is 7.05 Å². The number of benzene rings is 1. The maximum absolute atomic E-state index is 4.55. The van der Waals surface area contributed by atoms with Gasteiger partial charge in [-0.1, -0.05) is 48.0 Å². The van der Waals surface area contributed by atoms with E-state index in [4.69, 9.17) is 0 Å². The Bertz CT molecular complexity index is 577. The number of rotatable bonds is 7. The highest BCUT2D eigenvalue weighted by atomic mass is 79.9. The minimum atomic E-state index is 0.425. The van der Waals surface area contributed by atoms with Gasteiger partial charge in [0.25, 0.3) is 0 Å². The highest BCUT2D eigenvalue weighted by molar-refractivity contribution is 9.10. The van der Waals surface area contributed by atoms with Gasteiger partial charge in [0.15, 0.2) is 0 Å². The summed E-state index contributed by atoms with van der Waals surface area (Å²) < 4.78 is 3.20. The Balaban J connectivity index is 2.11. The summed E-state index contributed by atoms with van der Waals surface area (Å²) in [5.74, 6) is 0. The number of hydrogen-bond acceptors (Lipinski definition) is 2. The number of halogens is 1. The van der Waals surface area contributed by atoms with E-state index in [1.165, 1.54) is 21.4 Å². The lowest BCUT2D eigenvalue weighted by Gasteiger charge is -2.18. The molecule has 0 saturated carbocycles. The molecule has 1 aromatic carbocycles. The summed E-state index contributed by atoms with van der Waals surface area (Å²) in [6, 6.07) is 11.1. The molecule has 0 spiro atoms. The summed E-state index contributed by atoms with van der Waals surface area (Å²) >= 11 is 3.65. The van der Waals surface area contributed by atoms with Gasteiger partial charge >= 0.3 is 0 Å². The molecule has 1 aromatic heterocycles. The average Bonchev–Trinajstić information content (AvgIpc) is 2.82. The van der Waals surface area contributed by atoms with Crippen LogP contribution in [0.1, 0.15) is 30.8 Å². The van der Waals surface area contributed by atoms with Gasteiger partial charge in [-0.3, -0.25) is 4.68 Å². The third kappa shape index (κ3) is 4.42. The molecule has 2 rings (SSSR count). The molecule has 0 saturated heterocycles. The van der Waals surface area contributed by atoms with Crippen LogP contribution in [-0.4, -0.2) is 22.4 Å². The Morgan fingerprint density at radius 3 is 2.62 bits per heavy atom. The van der Waals surface area contributed by atoms with Gasteiger partial charge in [-0.2, -0.15) is 5.10 Å². The Morgan fingerprint density at radius 1 is 1.24 bits per heavy atom. The zero-order valence-electron chi connectivity index (χ0n) is 13.1. The number of aryl methyl sites for hydroxylation is 2. The van der Waals surface area contributed by atoms with Crippen LogP contribution in [0.15, 0.2) is 34.8 Å². The summed E-state index contributed by atoms with van der Waals surface area (Å²) in [6.07, 6.45) is 3.00. The molecule has 21 heavy (non-hydrogen) atoms. The van der Waals surface area contributed by atoms with Crippen molar-refractivity contribution in [3.8, 4) is 0 Å². The summed E-state index contributed by atoms with van der Waals surface area (Å²) in [4.78, 5) is 0. The van der Waals surface area contributed by atoms with Gasteiger partial charge in [-0.05, 0) is 37.1 Å². The topological polar surface area (TPSA) is 29.9 Å². The lowest BCUT2D eigenvalue weighted by Crippen LogP contribution is -2.33. The van der Waals surface area contributed by atoms with Crippen molar-refractivity contribution in [1.29, 1.82) is 0 Å². The molecule has 0 radical (unpaired) electrons. The van der Waals surface area contributed by atoms with E-state index in [1.807, 2.05) is 11.7 Å². The van der Waals surface area contributed by atoms with Crippen LogP contribution in [-0.2, 0) is 26.3 Å². The first-order chi connectivity index (χ1) is 10.1. The number of nitrogens with one attached hydrogen (secondary N) is 1. The van der Waals surface area contributed by atoms with Crippen molar-refractivity contribution in [2.75, 3.05) is 6.54 Å². The van der Waals surface area contributed by atoms with Gasteiger partial charge in [0.1, 0.15) is 0 Å². The van der Waals surface area contributed by atoms with Gasteiger partial charge in [0.2, 0.25) is 0 Å². The minimum Gasteiger partial charge on any atom is -0.314 e. The second-order valence-electron chi connectivity index (χ2n) is 5.36. The van der Waals surface area contributed by atoms with Crippen LogP contribution < -0.4 is 5.32 Å². The molecule has 114 valence electrons. The molecule has 1 heterocycles. The van der Waals surface area contributed by atoms with Crippen molar-refractivity contribution in [2.45, 2.75) is 39.2 Å².